The zero-order valence-electron chi connectivity index (χ0n) is 10.7. The van der Waals surface area contributed by atoms with Gasteiger partial charge in [-0.15, -0.1) is 0 Å². The highest BCUT2D eigenvalue weighted by Gasteiger charge is 2.23. The fourth-order valence-electron chi connectivity index (χ4n) is 1.81. The van der Waals surface area contributed by atoms with E-state index in [0.717, 1.165) is 3.57 Å². The summed E-state index contributed by atoms with van der Waals surface area (Å²) in [5, 5.41) is 11.9. The number of aliphatic carboxylic acids is 1. The molecule has 0 unspecified atom stereocenters. The molecule has 2 aromatic rings. The Bertz CT molecular complexity index is 676. The van der Waals surface area contributed by atoms with Crippen LogP contribution in [-0.2, 0) is 4.79 Å². The normalized spacial score (nSPS) is 11.7. The van der Waals surface area contributed by atoms with E-state index < -0.39 is 17.9 Å². The Labute approximate surface area is 143 Å². The fraction of sp³-hybridized carbons (Fsp3) is 0.0667. The van der Waals surface area contributed by atoms with Crippen LogP contribution in [0.2, 0.25) is 0 Å². The summed E-state index contributed by atoms with van der Waals surface area (Å²) >= 11 is 5.40. The van der Waals surface area contributed by atoms with E-state index in [9.17, 15) is 14.7 Å². The van der Waals surface area contributed by atoms with Crippen LogP contribution in [0.4, 0.5) is 0 Å². The van der Waals surface area contributed by atoms with E-state index in [1.165, 1.54) is 0 Å². The van der Waals surface area contributed by atoms with Gasteiger partial charge in [-0.1, -0.05) is 30.3 Å². The molecule has 0 radical (unpaired) electrons. The van der Waals surface area contributed by atoms with Crippen LogP contribution in [0.3, 0.4) is 0 Å². The van der Waals surface area contributed by atoms with Gasteiger partial charge in [-0.05, 0) is 62.3 Å². The molecule has 2 N–H and O–H groups in total. The molecule has 0 spiro atoms. The Hall–Kier alpha value is -1.41. The van der Waals surface area contributed by atoms with Gasteiger partial charge in [0, 0.05) is 8.04 Å². The van der Waals surface area contributed by atoms with Crippen molar-refractivity contribution in [3.63, 3.8) is 0 Å². The smallest absolute Gasteiger partial charge is 0.330 e. The fourth-order valence-corrected chi connectivity index (χ4v) is 2.73. The highest BCUT2D eigenvalue weighted by atomic mass is 127. The third kappa shape index (κ3) is 4.04. The lowest BCUT2D eigenvalue weighted by Crippen LogP contribution is -2.33. The third-order valence-corrected chi connectivity index (χ3v) is 4.19. The zero-order valence-corrected chi connectivity index (χ0v) is 14.5. The maximum atomic E-state index is 12.3. The lowest BCUT2D eigenvalue weighted by atomic mass is 10.1. The Kier molecular flexibility index (Phi) is 5.35. The van der Waals surface area contributed by atoms with Gasteiger partial charge in [-0.3, -0.25) is 4.79 Å². The molecule has 0 aromatic heterocycles. The number of halogens is 2. The molecule has 0 saturated heterocycles. The van der Waals surface area contributed by atoms with E-state index >= 15 is 0 Å². The number of hydrogen-bond donors (Lipinski definition) is 2. The second-order valence-corrected chi connectivity index (χ2v) is 6.38. The molecule has 0 aliphatic carbocycles. The molecule has 4 nitrogen and oxygen atoms in total. The van der Waals surface area contributed by atoms with Crippen LogP contribution in [-0.4, -0.2) is 17.0 Å². The van der Waals surface area contributed by atoms with Gasteiger partial charge in [0.05, 0.1) is 5.56 Å². The molecular formula is C15H11BrINO3. The van der Waals surface area contributed by atoms with Crippen molar-refractivity contribution in [1.29, 1.82) is 0 Å². The first-order valence-electron chi connectivity index (χ1n) is 6.02. The van der Waals surface area contributed by atoms with E-state index in [1.807, 2.05) is 6.07 Å². The first-order valence-corrected chi connectivity index (χ1v) is 7.90. The number of amides is 1. The van der Waals surface area contributed by atoms with Crippen LogP contribution < -0.4 is 5.32 Å². The van der Waals surface area contributed by atoms with E-state index in [2.05, 4.69) is 43.8 Å². The number of carboxylic acids is 1. The van der Waals surface area contributed by atoms with Gasteiger partial charge in [0.15, 0.2) is 6.04 Å². The molecular weight excluding hydrogens is 449 g/mol. The number of carbonyl (C=O) groups excluding carboxylic acids is 1. The first-order chi connectivity index (χ1) is 9.99. The van der Waals surface area contributed by atoms with E-state index in [-0.39, 0.29) is 0 Å². The number of carboxylic acid groups (broad SMARTS) is 1. The van der Waals surface area contributed by atoms with Crippen molar-refractivity contribution in [3.05, 3.63) is 67.7 Å². The minimum absolute atomic E-state index is 0.407. The van der Waals surface area contributed by atoms with Gasteiger partial charge in [0.2, 0.25) is 0 Å². The van der Waals surface area contributed by atoms with Gasteiger partial charge >= 0.3 is 5.97 Å². The van der Waals surface area contributed by atoms with Crippen LogP contribution in [0, 0.1) is 3.57 Å². The summed E-state index contributed by atoms with van der Waals surface area (Å²) in [7, 11) is 0. The molecule has 0 bridgehead atoms. The number of carbonyl (C=O) groups is 2. The summed E-state index contributed by atoms with van der Waals surface area (Å²) < 4.78 is 1.52. The molecule has 0 heterocycles. The minimum atomic E-state index is -1.10. The Morgan fingerprint density at radius 1 is 1.14 bits per heavy atom. The number of rotatable bonds is 4. The van der Waals surface area contributed by atoms with Gasteiger partial charge in [-0.25, -0.2) is 4.79 Å². The molecule has 0 saturated carbocycles. The van der Waals surface area contributed by atoms with Crippen molar-refractivity contribution in [2.75, 3.05) is 0 Å². The molecule has 0 aliphatic rings. The second kappa shape index (κ2) is 7.04. The van der Waals surface area contributed by atoms with Crippen LogP contribution in [0.25, 0.3) is 0 Å². The summed E-state index contributed by atoms with van der Waals surface area (Å²) in [6.07, 6.45) is 0. The lowest BCUT2D eigenvalue weighted by Gasteiger charge is -2.15. The van der Waals surface area contributed by atoms with Crippen molar-refractivity contribution < 1.29 is 14.7 Å². The SMILES string of the molecule is O=C(N[C@H](C(=O)O)c1ccccc1)c1cc(I)ccc1Br. The van der Waals surface area contributed by atoms with Gasteiger partial charge in [0.25, 0.3) is 5.91 Å². The average molecular weight is 460 g/mol. The lowest BCUT2D eigenvalue weighted by molar-refractivity contribution is -0.139. The van der Waals surface area contributed by atoms with Crippen molar-refractivity contribution in [3.8, 4) is 0 Å². The van der Waals surface area contributed by atoms with Crippen molar-refractivity contribution >= 4 is 50.4 Å². The van der Waals surface area contributed by atoms with Crippen LogP contribution in [0.5, 0.6) is 0 Å². The maximum absolute atomic E-state index is 12.3. The standard InChI is InChI=1S/C15H11BrINO3/c16-12-7-6-10(17)8-11(12)14(19)18-13(15(20)21)9-4-2-1-3-5-9/h1-8,13H,(H,18,19)(H,20,21)/t13-/m0/s1. The van der Waals surface area contributed by atoms with Crippen LogP contribution >= 0.6 is 38.5 Å². The molecule has 1 amide bonds. The van der Waals surface area contributed by atoms with Crippen molar-refractivity contribution in [2.24, 2.45) is 0 Å². The molecule has 2 rings (SSSR count). The summed E-state index contributed by atoms with van der Waals surface area (Å²) in [6.45, 7) is 0. The number of benzene rings is 2. The second-order valence-electron chi connectivity index (χ2n) is 4.28. The zero-order chi connectivity index (χ0) is 15.4. The van der Waals surface area contributed by atoms with Crippen molar-refractivity contribution in [1.82, 2.24) is 5.32 Å². The Morgan fingerprint density at radius 3 is 2.43 bits per heavy atom. The van der Waals surface area contributed by atoms with E-state index in [1.54, 1.807) is 42.5 Å². The largest absolute Gasteiger partial charge is 0.479 e. The summed E-state index contributed by atoms with van der Waals surface area (Å²) in [6, 6.07) is 12.8. The summed E-state index contributed by atoms with van der Waals surface area (Å²) in [5.74, 6) is -1.53. The highest BCUT2D eigenvalue weighted by Crippen LogP contribution is 2.21. The predicted molar refractivity (Wildman–Crippen MR) is 91.1 cm³/mol. The van der Waals surface area contributed by atoms with Gasteiger partial charge in [0.1, 0.15) is 0 Å². The third-order valence-electron chi connectivity index (χ3n) is 2.83. The van der Waals surface area contributed by atoms with Crippen molar-refractivity contribution in [2.45, 2.75) is 6.04 Å². The summed E-state index contributed by atoms with van der Waals surface area (Å²) in [5.41, 5.74) is 0.934. The topological polar surface area (TPSA) is 66.4 Å². The molecule has 108 valence electrons. The van der Waals surface area contributed by atoms with E-state index in [0.29, 0.717) is 15.6 Å². The maximum Gasteiger partial charge on any atom is 0.330 e. The predicted octanol–water partition coefficient (Wildman–Crippen LogP) is 3.61. The van der Waals surface area contributed by atoms with Gasteiger partial charge < -0.3 is 10.4 Å². The molecule has 2 aromatic carbocycles. The molecule has 6 heteroatoms. The van der Waals surface area contributed by atoms with Gasteiger partial charge in [-0.2, -0.15) is 0 Å². The Balaban J connectivity index is 2.27. The minimum Gasteiger partial charge on any atom is -0.479 e. The van der Waals surface area contributed by atoms with Crippen LogP contribution in [0.15, 0.2) is 53.0 Å². The molecule has 0 aliphatic heterocycles. The number of hydrogen-bond acceptors (Lipinski definition) is 2. The average Bonchev–Trinajstić information content (AvgIpc) is 2.47. The molecule has 0 fully saturated rings. The van der Waals surface area contributed by atoms with Crippen LogP contribution in [0.1, 0.15) is 22.0 Å². The molecule has 1 atom stereocenters. The highest BCUT2D eigenvalue weighted by molar-refractivity contribution is 14.1. The Morgan fingerprint density at radius 2 is 1.81 bits per heavy atom. The van der Waals surface area contributed by atoms with E-state index in [4.69, 9.17) is 0 Å². The molecule has 21 heavy (non-hydrogen) atoms. The first kappa shape index (κ1) is 16.0. The summed E-state index contributed by atoms with van der Waals surface area (Å²) in [4.78, 5) is 23.7. The quantitative estimate of drug-likeness (QED) is 0.686. The number of nitrogens with one attached hydrogen (secondary N) is 1. The monoisotopic (exact) mass is 459 g/mol.